The molecular weight excluding hydrogens is 200 g/mol. The van der Waals surface area contributed by atoms with Crippen molar-refractivity contribution in [1.29, 1.82) is 0 Å². The van der Waals surface area contributed by atoms with Gasteiger partial charge in [-0.05, 0) is 29.7 Å². The van der Waals surface area contributed by atoms with Crippen molar-refractivity contribution in [1.82, 2.24) is 0 Å². The standard InChI is InChI=1S/C14H12S/c1-2-7-12(8-3-1)15-14-10-11-6-4-5-9-13(11)14/h1-9,14H,10H2. The molecule has 2 aromatic carbocycles. The first kappa shape index (κ1) is 9.05. The highest BCUT2D eigenvalue weighted by Gasteiger charge is 2.25. The molecule has 1 heteroatoms. The summed E-state index contributed by atoms with van der Waals surface area (Å²) >= 11 is 1.97. The molecule has 0 amide bonds. The largest absolute Gasteiger partial charge is 0.118 e. The lowest BCUT2D eigenvalue weighted by Crippen LogP contribution is -2.13. The predicted molar refractivity (Wildman–Crippen MR) is 65.2 cm³/mol. The molecule has 0 heterocycles. The Hall–Kier alpha value is -1.21. The van der Waals surface area contributed by atoms with E-state index in [0.29, 0.717) is 5.25 Å². The maximum atomic E-state index is 2.25. The number of fused-ring (bicyclic) bond motifs is 1. The third kappa shape index (κ3) is 1.68. The lowest BCUT2D eigenvalue weighted by molar-refractivity contribution is 0.815. The topological polar surface area (TPSA) is 0 Å². The minimum Gasteiger partial charge on any atom is -0.118 e. The van der Waals surface area contributed by atoms with Gasteiger partial charge in [0.15, 0.2) is 0 Å². The predicted octanol–water partition coefficient (Wildman–Crippen LogP) is 4.08. The van der Waals surface area contributed by atoms with E-state index < -0.39 is 0 Å². The zero-order valence-electron chi connectivity index (χ0n) is 8.39. The van der Waals surface area contributed by atoms with Crippen molar-refractivity contribution in [2.24, 2.45) is 0 Å². The van der Waals surface area contributed by atoms with Gasteiger partial charge < -0.3 is 0 Å². The molecule has 3 rings (SSSR count). The van der Waals surface area contributed by atoms with Crippen molar-refractivity contribution in [2.75, 3.05) is 0 Å². The van der Waals surface area contributed by atoms with E-state index in [4.69, 9.17) is 0 Å². The molecule has 0 aromatic heterocycles. The average Bonchev–Trinajstić information content (AvgIpc) is 2.27. The second-order valence-corrected chi connectivity index (χ2v) is 5.10. The fraction of sp³-hybridized carbons (Fsp3) is 0.143. The number of rotatable bonds is 2. The molecule has 1 aliphatic carbocycles. The van der Waals surface area contributed by atoms with Crippen LogP contribution in [0.3, 0.4) is 0 Å². The Balaban J connectivity index is 1.79. The summed E-state index contributed by atoms with van der Waals surface area (Å²) < 4.78 is 0. The second kappa shape index (κ2) is 3.74. The SMILES string of the molecule is c1ccc(SC2Cc3ccccc32)cc1. The molecule has 0 nitrogen and oxygen atoms in total. The van der Waals surface area contributed by atoms with Gasteiger partial charge in [0.05, 0.1) is 0 Å². The fourth-order valence-corrected chi connectivity index (χ4v) is 3.24. The summed E-state index contributed by atoms with van der Waals surface area (Å²) in [6.45, 7) is 0. The van der Waals surface area contributed by atoms with Crippen LogP contribution in [0.1, 0.15) is 16.4 Å². The van der Waals surface area contributed by atoms with Crippen molar-refractivity contribution >= 4 is 11.8 Å². The lowest BCUT2D eigenvalue weighted by Gasteiger charge is -2.29. The number of thioether (sulfide) groups is 1. The summed E-state index contributed by atoms with van der Waals surface area (Å²) in [5.74, 6) is 0. The van der Waals surface area contributed by atoms with Crippen LogP contribution in [0.5, 0.6) is 0 Å². The number of hydrogen-bond donors (Lipinski definition) is 0. The maximum absolute atomic E-state index is 2.25. The van der Waals surface area contributed by atoms with Gasteiger partial charge >= 0.3 is 0 Å². The Morgan fingerprint density at radius 2 is 1.60 bits per heavy atom. The molecule has 74 valence electrons. The van der Waals surface area contributed by atoms with Gasteiger partial charge in [-0.15, -0.1) is 11.8 Å². The van der Waals surface area contributed by atoms with Gasteiger partial charge in [-0.25, -0.2) is 0 Å². The first-order valence-corrected chi connectivity index (χ1v) is 6.11. The molecule has 0 saturated heterocycles. The van der Waals surface area contributed by atoms with Gasteiger partial charge in [0.2, 0.25) is 0 Å². The normalized spacial score (nSPS) is 18.0. The zero-order chi connectivity index (χ0) is 10.1. The quantitative estimate of drug-likeness (QED) is 0.723. The number of hydrogen-bond acceptors (Lipinski definition) is 1. The van der Waals surface area contributed by atoms with Gasteiger partial charge in [-0.2, -0.15) is 0 Å². The molecule has 1 atom stereocenters. The highest BCUT2D eigenvalue weighted by Crippen LogP contribution is 2.46. The molecule has 0 radical (unpaired) electrons. The second-order valence-electron chi connectivity index (χ2n) is 3.82. The van der Waals surface area contributed by atoms with E-state index in [9.17, 15) is 0 Å². The van der Waals surface area contributed by atoms with Crippen molar-refractivity contribution in [3.05, 3.63) is 65.7 Å². The molecule has 0 saturated carbocycles. The van der Waals surface area contributed by atoms with E-state index in [1.165, 1.54) is 22.4 Å². The monoisotopic (exact) mass is 212 g/mol. The molecule has 2 aromatic rings. The highest BCUT2D eigenvalue weighted by molar-refractivity contribution is 7.99. The third-order valence-electron chi connectivity index (χ3n) is 2.83. The van der Waals surface area contributed by atoms with Gasteiger partial charge in [0.1, 0.15) is 0 Å². The van der Waals surface area contributed by atoms with Crippen LogP contribution in [0.2, 0.25) is 0 Å². The summed E-state index contributed by atoms with van der Waals surface area (Å²) in [6, 6.07) is 19.4. The Kier molecular flexibility index (Phi) is 2.26. The van der Waals surface area contributed by atoms with E-state index in [1.807, 2.05) is 11.8 Å². The fourth-order valence-electron chi connectivity index (χ4n) is 1.98. The van der Waals surface area contributed by atoms with Crippen LogP contribution in [0.15, 0.2) is 59.5 Å². The third-order valence-corrected chi connectivity index (χ3v) is 4.08. The van der Waals surface area contributed by atoms with Crippen LogP contribution in [0.25, 0.3) is 0 Å². The first-order chi connectivity index (χ1) is 7.43. The van der Waals surface area contributed by atoms with Crippen LogP contribution in [0, 0.1) is 0 Å². The van der Waals surface area contributed by atoms with Gasteiger partial charge in [-0.1, -0.05) is 42.5 Å². The molecule has 0 spiro atoms. The van der Waals surface area contributed by atoms with Gasteiger partial charge in [0.25, 0.3) is 0 Å². The van der Waals surface area contributed by atoms with Crippen LogP contribution in [0.4, 0.5) is 0 Å². The first-order valence-electron chi connectivity index (χ1n) is 5.23. The van der Waals surface area contributed by atoms with Crippen molar-refractivity contribution in [3.63, 3.8) is 0 Å². The summed E-state index contributed by atoms with van der Waals surface area (Å²) in [5.41, 5.74) is 3.04. The summed E-state index contributed by atoms with van der Waals surface area (Å²) in [6.07, 6.45) is 1.22. The Morgan fingerprint density at radius 1 is 0.867 bits per heavy atom. The zero-order valence-corrected chi connectivity index (χ0v) is 9.21. The van der Waals surface area contributed by atoms with Crippen molar-refractivity contribution in [2.45, 2.75) is 16.6 Å². The molecule has 15 heavy (non-hydrogen) atoms. The van der Waals surface area contributed by atoms with Crippen LogP contribution < -0.4 is 0 Å². The molecule has 0 bridgehead atoms. The summed E-state index contributed by atoms with van der Waals surface area (Å²) in [5, 5.41) is 0.670. The molecule has 0 aliphatic heterocycles. The Bertz CT molecular complexity index is 462. The Morgan fingerprint density at radius 3 is 2.40 bits per heavy atom. The maximum Gasteiger partial charge on any atom is 0.0387 e. The molecule has 0 N–H and O–H groups in total. The van der Waals surface area contributed by atoms with Crippen molar-refractivity contribution < 1.29 is 0 Å². The van der Waals surface area contributed by atoms with E-state index in [-0.39, 0.29) is 0 Å². The van der Waals surface area contributed by atoms with Crippen molar-refractivity contribution in [3.8, 4) is 0 Å². The molecular formula is C14H12S. The average molecular weight is 212 g/mol. The Labute approximate surface area is 94.3 Å². The van der Waals surface area contributed by atoms with Gasteiger partial charge in [0, 0.05) is 10.1 Å². The molecule has 1 unspecified atom stereocenters. The van der Waals surface area contributed by atoms with Crippen LogP contribution in [-0.2, 0) is 6.42 Å². The van der Waals surface area contributed by atoms with E-state index in [0.717, 1.165) is 0 Å². The molecule has 0 fully saturated rings. The van der Waals surface area contributed by atoms with E-state index in [1.54, 1.807) is 0 Å². The lowest BCUT2D eigenvalue weighted by atomic mass is 9.88. The smallest absolute Gasteiger partial charge is 0.0387 e. The minimum absolute atomic E-state index is 0.670. The summed E-state index contributed by atoms with van der Waals surface area (Å²) in [4.78, 5) is 1.37. The van der Waals surface area contributed by atoms with Crippen LogP contribution >= 0.6 is 11.8 Å². The van der Waals surface area contributed by atoms with E-state index >= 15 is 0 Å². The number of benzene rings is 2. The highest BCUT2D eigenvalue weighted by atomic mass is 32.2. The van der Waals surface area contributed by atoms with Gasteiger partial charge in [-0.3, -0.25) is 0 Å². The summed E-state index contributed by atoms with van der Waals surface area (Å²) in [7, 11) is 0. The molecule has 1 aliphatic rings. The van der Waals surface area contributed by atoms with Crippen LogP contribution in [-0.4, -0.2) is 0 Å². The van der Waals surface area contributed by atoms with E-state index in [2.05, 4.69) is 54.6 Å². The minimum atomic E-state index is 0.670.